The van der Waals surface area contributed by atoms with Gasteiger partial charge in [0.25, 0.3) is 5.91 Å². The number of nitrogens with zero attached hydrogens (tertiary/aromatic N) is 3. The molecule has 0 aliphatic carbocycles. The zero-order valence-electron chi connectivity index (χ0n) is 16.9. The first-order valence-electron chi connectivity index (χ1n) is 9.35. The van der Waals surface area contributed by atoms with Gasteiger partial charge in [0.1, 0.15) is 5.54 Å². The highest BCUT2D eigenvalue weighted by atomic mass is 35.5. The van der Waals surface area contributed by atoms with Gasteiger partial charge in [-0.1, -0.05) is 29.3 Å². The van der Waals surface area contributed by atoms with Crippen LogP contribution in [-0.4, -0.2) is 38.7 Å². The summed E-state index contributed by atoms with van der Waals surface area (Å²) in [7, 11) is 0. The van der Waals surface area contributed by atoms with Crippen LogP contribution in [0.15, 0.2) is 35.8 Å². The number of thiazole rings is 1. The molecule has 1 aliphatic rings. The molecular weight excluding hydrogens is 459 g/mol. The van der Waals surface area contributed by atoms with Crippen molar-refractivity contribution in [3.05, 3.63) is 68.4 Å². The first-order chi connectivity index (χ1) is 14.6. The molecule has 0 spiro atoms. The average Bonchev–Trinajstić information content (AvgIpc) is 3.37. The molecule has 3 amide bonds. The van der Waals surface area contributed by atoms with E-state index in [0.717, 1.165) is 15.7 Å². The molecule has 0 saturated carbocycles. The summed E-state index contributed by atoms with van der Waals surface area (Å²) in [5.41, 5.74) is 0.996. The molecule has 1 aliphatic heterocycles. The van der Waals surface area contributed by atoms with E-state index in [1.807, 2.05) is 23.8 Å². The van der Waals surface area contributed by atoms with E-state index in [4.69, 9.17) is 23.2 Å². The van der Waals surface area contributed by atoms with E-state index in [-0.39, 0.29) is 17.4 Å². The number of urea groups is 1. The van der Waals surface area contributed by atoms with Crippen LogP contribution < -0.4 is 5.32 Å². The number of ketones is 1. The molecule has 0 radical (unpaired) electrons. The summed E-state index contributed by atoms with van der Waals surface area (Å²) < 4.78 is 1.88. The van der Waals surface area contributed by atoms with E-state index < -0.39 is 17.5 Å². The fraction of sp³-hybridized carbons (Fsp3) is 0.238. The molecule has 1 unspecified atom stereocenters. The van der Waals surface area contributed by atoms with Crippen molar-refractivity contribution < 1.29 is 14.4 Å². The number of aryl methyl sites for hydroxylation is 1. The molecule has 1 saturated heterocycles. The SMILES string of the molecule is Cc1cc(C(=O)CN2C(=O)NC(C)(c3ccc(Cl)cc3Cl)C2=O)c(C)n1-c1nccs1. The maximum Gasteiger partial charge on any atom is 0.325 e. The third kappa shape index (κ3) is 3.54. The summed E-state index contributed by atoms with van der Waals surface area (Å²) >= 11 is 13.7. The van der Waals surface area contributed by atoms with Crippen LogP contribution in [0.1, 0.15) is 34.2 Å². The van der Waals surface area contributed by atoms with E-state index >= 15 is 0 Å². The zero-order chi connectivity index (χ0) is 22.5. The number of imide groups is 1. The van der Waals surface area contributed by atoms with Gasteiger partial charge in [0.2, 0.25) is 0 Å². The number of aromatic nitrogens is 2. The Hall–Kier alpha value is -2.68. The van der Waals surface area contributed by atoms with Crippen molar-refractivity contribution in [2.45, 2.75) is 26.3 Å². The van der Waals surface area contributed by atoms with Gasteiger partial charge >= 0.3 is 6.03 Å². The largest absolute Gasteiger partial charge is 0.325 e. The van der Waals surface area contributed by atoms with Gasteiger partial charge in [0, 0.05) is 44.1 Å². The summed E-state index contributed by atoms with van der Waals surface area (Å²) in [6.45, 7) is 4.86. The molecule has 10 heteroatoms. The number of carbonyl (C=O) groups is 3. The predicted octanol–water partition coefficient (Wildman–Crippen LogP) is 4.51. The lowest BCUT2D eigenvalue weighted by Crippen LogP contribution is -2.41. The first-order valence-corrected chi connectivity index (χ1v) is 11.0. The number of nitrogens with one attached hydrogen (secondary N) is 1. The number of carbonyl (C=O) groups excluding carboxylic acids is 3. The summed E-state index contributed by atoms with van der Waals surface area (Å²) in [5, 5.41) is 5.93. The number of halogens is 2. The molecule has 160 valence electrons. The van der Waals surface area contributed by atoms with Crippen molar-refractivity contribution in [3.63, 3.8) is 0 Å². The van der Waals surface area contributed by atoms with Crippen LogP contribution in [0.2, 0.25) is 10.0 Å². The highest BCUT2D eigenvalue weighted by Crippen LogP contribution is 2.35. The minimum Gasteiger partial charge on any atom is -0.319 e. The molecule has 3 heterocycles. The van der Waals surface area contributed by atoms with Crippen molar-refractivity contribution in [1.29, 1.82) is 0 Å². The van der Waals surface area contributed by atoms with Crippen LogP contribution in [-0.2, 0) is 10.3 Å². The number of hydrogen-bond donors (Lipinski definition) is 1. The lowest BCUT2D eigenvalue weighted by atomic mass is 9.92. The minimum atomic E-state index is -1.39. The van der Waals surface area contributed by atoms with Crippen molar-refractivity contribution >= 4 is 52.3 Å². The van der Waals surface area contributed by atoms with Crippen LogP contribution in [0, 0.1) is 13.8 Å². The van der Waals surface area contributed by atoms with E-state index in [9.17, 15) is 14.4 Å². The van der Waals surface area contributed by atoms with Crippen LogP contribution in [0.3, 0.4) is 0 Å². The predicted molar refractivity (Wildman–Crippen MR) is 119 cm³/mol. The number of rotatable bonds is 5. The van der Waals surface area contributed by atoms with Crippen molar-refractivity contribution in [3.8, 4) is 5.13 Å². The smallest absolute Gasteiger partial charge is 0.319 e. The number of benzene rings is 1. The number of hydrogen-bond acceptors (Lipinski definition) is 5. The molecule has 1 atom stereocenters. The lowest BCUT2D eigenvalue weighted by Gasteiger charge is -2.23. The summed E-state index contributed by atoms with van der Waals surface area (Å²) in [6, 6.07) is 5.78. The molecule has 2 aromatic heterocycles. The molecule has 1 fully saturated rings. The Morgan fingerprint density at radius 2 is 1.97 bits per heavy atom. The van der Waals surface area contributed by atoms with Crippen LogP contribution in [0.5, 0.6) is 0 Å². The van der Waals surface area contributed by atoms with Crippen molar-refractivity contribution in [2.24, 2.45) is 0 Å². The third-order valence-electron chi connectivity index (χ3n) is 5.39. The van der Waals surface area contributed by atoms with Crippen LogP contribution in [0.4, 0.5) is 4.79 Å². The van der Waals surface area contributed by atoms with E-state index in [0.29, 0.717) is 21.8 Å². The fourth-order valence-corrected chi connectivity index (χ4v) is 5.16. The Balaban J connectivity index is 1.62. The Morgan fingerprint density at radius 1 is 1.23 bits per heavy atom. The van der Waals surface area contributed by atoms with E-state index in [1.165, 1.54) is 17.4 Å². The summed E-state index contributed by atoms with van der Waals surface area (Å²) in [4.78, 5) is 44.1. The van der Waals surface area contributed by atoms with Gasteiger partial charge in [-0.05, 0) is 39.0 Å². The van der Waals surface area contributed by atoms with E-state index in [1.54, 1.807) is 31.3 Å². The molecule has 1 N–H and O–H groups in total. The monoisotopic (exact) mass is 476 g/mol. The standard InChI is InChI=1S/C21H18Cl2N4O3S/c1-11-8-14(12(2)27(11)20-24-6-7-31-20)17(28)10-26-18(29)21(3,25-19(26)30)15-5-4-13(22)9-16(15)23/h4-9H,10H2,1-3H3,(H,25,30). The van der Waals surface area contributed by atoms with Crippen molar-refractivity contribution in [2.75, 3.05) is 6.54 Å². The average molecular weight is 477 g/mol. The van der Waals surface area contributed by atoms with Crippen molar-refractivity contribution in [1.82, 2.24) is 19.8 Å². The van der Waals surface area contributed by atoms with Crippen LogP contribution >= 0.6 is 34.5 Å². The third-order valence-corrected chi connectivity index (χ3v) is 6.69. The Labute approximate surface area is 192 Å². The zero-order valence-corrected chi connectivity index (χ0v) is 19.2. The topological polar surface area (TPSA) is 84.3 Å². The van der Waals surface area contributed by atoms with Gasteiger partial charge in [-0.15, -0.1) is 11.3 Å². The number of Topliss-reactive ketones (excluding diaryl/α,β-unsaturated/α-hetero) is 1. The van der Waals surface area contributed by atoms with E-state index in [2.05, 4.69) is 10.3 Å². The lowest BCUT2D eigenvalue weighted by molar-refractivity contribution is -0.130. The Kier molecular flexibility index (Phi) is 5.41. The quantitative estimate of drug-likeness (QED) is 0.433. The summed E-state index contributed by atoms with van der Waals surface area (Å²) in [6.07, 6.45) is 1.69. The first kappa shape index (κ1) is 21.5. The molecule has 3 aromatic rings. The summed E-state index contributed by atoms with van der Waals surface area (Å²) in [5.74, 6) is -0.894. The van der Waals surface area contributed by atoms with Gasteiger partial charge in [0.05, 0.1) is 6.54 Å². The Bertz CT molecular complexity index is 1220. The molecular formula is C21H18Cl2N4O3S. The van der Waals surface area contributed by atoms with Gasteiger partial charge < -0.3 is 5.32 Å². The van der Waals surface area contributed by atoms with Gasteiger partial charge in [-0.25, -0.2) is 9.78 Å². The minimum absolute atomic E-state index is 0.254. The Morgan fingerprint density at radius 3 is 2.61 bits per heavy atom. The maximum absolute atomic E-state index is 13.2. The van der Waals surface area contributed by atoms with Crippen LogP contribution in [0.25, 0.3) is 5.13 Å². The highest BCUT2D eigenvalue weighted by molar-refractivity contribution is 7.12. The number of amides is 3. The second-order valence-corrected chi connectivity index (χ2v) is 9.15. The highest BCUT2D eigenvalue weighted by Gasteiger charge is 2.50. The van der Waals surface area contributed by atoms with Gasteiger partial charge in [0.15, 0.2) is 10.9 Å². The maximum atomic E-state index is 13.2. The normalized spacial score (nSPS) is 18.5. The second kappa shape index (κ2) is 7.78. The molecule has 7 nitrogen and oxygen atoms in total. The van der Waals surface area contributed by atoms with Gasteiger partial charge in [-0.2, -0.15) is 0 Å². The fourth-order valence-electron chi connectivity index (χ4n) is 3.81. The molecule has 1 aromatic carbocycles. The molecule has 4 rings (SSSR count). The second-order valence-electron chi connectivity index (χ2n) is 7.43. The molecule has 0 bridgehead atoms. The molecule has 31 heavy (non-hydrogen) atoms. The van der Waals surface area contributed by atoms with Gasteiger partial charge in [-0.3, -0.25) is 19.1 Å².